The van der Waals surface area contributed by atoms with Crippen molar-refractivity contribution < 1.29 is 27.8 Å². The first-order valence-electron chi connectivity index (χ1n) is 15.4. The number of hydrogen-bond donors (Lipinski definition) is 0. The van der Waals surface area contributed by atoms with Crippen molar-refractivity contribution in [2.24, 2.45) is 7.05 Å². The molecular weight excluding hydrogens is 564 g/mol. The number of carbonyl (C=O) groups is 1. The molecule has 1 aliphatic rings. The van der Waals surface area contributed by atoms with Crippen molar-refractivity contribution in [3.63, 3.8) is 0 Å². The number of ether oxygens (including phenoxy) is 3. The van der Waals surface area contributed by atoms with Crippen molar-refractivity contribution in [3.05, 3.63) is 82.8 Å². The highest BCUT2D eigenvalue weighted by Crippen LogP contribution is 2.41. The van der Waals surface area contributed by atoms with E-state index in [1.54, 1.807) is 23.7 Å². The summed E-state index contributed by atoms with van der Waals surface area (Å²) < 4.78 is 51.3. The van der Waals surface area contributed by atoms with Crippen LogP contribution in [0.25, 0.3) is 32.8 Å². The molecular formula is C35H37F2N3O4. The molecule has 0 aliphatic carbocycles. The third-order valence-electron chi connectivity index (χ3n) is 8.36. The number of fused-ring (bicyclic) bond motifs is 3. The van der Waals surface area contributed by atoms with E-state index in [0.29, 0.717) is 68.2 Å². The maximum atomic E-state index is 16.1. The first kappa shape index (κ1) is 29.8. The minimum Gasteiger partial charge on any atom is -0.493 e. The van der Waals surface area contributed by atoms with Crippen LogP contribution >= 0.6 is 0 Å². The van der Waals surface area contributed by atoms with Crippen LogP contribution in [0.15, 0.2) is 48.5 Å². The average molecular weight is 602 g/mol. The van der Waals surface area contributed by atoms with Gasteiger partial charge in [-0.05, 0) is 86.4 Å². The zero-order valence-electron chi connectivity index (χ0n) is 25.4. The molecule has 230 valence electrons. The van der Waals surface area contributed by atoms with Crippen molar-refractivity contribution in [2.75, 3.05) is 19.8 Å². The lowest BCUT2D eigenvalue weighted by Crippen LogP contribution is -2.15. The first-order valence-corrected chi connectivity index (χ1v) is 15.4. The van der Waals surface area contributed by atoms with Crippen molar-refractivity contribution in [1.82, 2.24) is 14.3 Å². The molecule has 0 spiro atoms. The number of rotatable bonds is 8. The van der Waals surface area contributed by atoms with E-state index in [0.717, 1.165) is 51.5 Å². The number of esters is 1. The molecule has 0 atom stereocenters. The molecule has 1 aliphatic heterocycles. The van der Waals surface area contributed by atoms with Crippen LogP contribution in [-0.4, -0.2) is 40.1 Å². The number of nitrogens with zero attached hydrogens (tertiary/aromatic N) is 3. The first-order chi connectivity index (χ1) is 21.4. The van der Waals surface area contributed by atoms with Gasteiger partial charge in [-0.25, -0.2) is 13.6 Å². The van der Waals surface area contributed by atoms with Crippen LogP contribution in [0.2, 0.25) is 0 Å². The van der Waals surface area contributed by atoms with E-state index in [2.05, 4.69) is 0 Å². The lowest BCUT2D eigenvalue weighted by molar-refractivity contribution is 0.0512. The SMILES string of the molecule is CCOC(=O)c1c(CCCOc2cccc3cc(F)ccc23)c2ccc(F)c3c2n1CCCCOCc1c-3c(CC)nn1C. The predicted molar refractivity (Wildman–Crippen MR) is 166 cm³/mol. The molecule has 5 aromatic rings. The molecule has 0 saturated carbocycles. The Morgan fingerprint density at radius 3 is 2.70 bits per heavy atom. The maximum Gasteiger partial charge on any atom is 0.355 e. The Hall–Kier alpha value is -4.24. The Bertz CT molecular complexity index is 1840. The minimum atomic E-state index is -0.421. The Balaban J connectivity index is 1.45. The van der Waals surface area contributed by atoms with Gasteiger partial charge in [0.05, 0.1) is 36.7 Å². The standard InChI is InChI=1S/C35H37F2N3O4/c1-4-28-32-29(39(3)38-28)21-42-18-7-6-17-40-33-26(15-16-27(37)31(32)33)25(34(40)35(41)43-5-2)11-9-19-44-30-12-8-10-22-20-23(36)13-14-24(22)30/h8,10,12-16,20H,4-7,9,11,17-19,21H2,1-3H3. The van der Waals surface area contributed by atoms with E-state index >= 15 is 4.39 Å². The summed E-state index contributed by atoms with van der Waals surface area (Å²) in [4.78, 5) is 13.6. The van der Waals surface area contributed by atoms with Gasteiger partial charge in [-0.1, -0.05) is 19.1 Å². The fourth-order valence-electron chi connectivity index (χ4n) is 6.39. The summed E-state index contributed by atoms with van der Waals surface area (Å²) in [5.74, 6) is -0.406. The number of benzene rings is 3. The Labute approximate surface area is 255 Å². The second-order valence-corrected chi connectivity index (χ2v) is 11.1. The molecule has 7 nitrogen and oxygen atoms in total. The lowest BCUT2D eigenvalue weighted by Gasteiger charge is -2.14. The van der Waals surface area contributed by atoms with Gasteiger partial charge < -0.3 is 18.8 Å². The molecule has 0 N–H and O–H groups in total. The summed E-state index contributed by atoms with van der Waals surface area (Å²) >= 11 is 0. The van der Waals surface area contributed by atoms with E-state index in [1.165, 1.54) is 18.2 Å². The smallest absolute Gasteiger partial charge is 0.355 e. The topological polar surface area (TPSA) is 67.5 Å². The van der Waals surface area contributed by atoms with Crippen molar-refractivity contribution in [2.45, 2.75) is 59.1 Å². The van der Waals surface area contributed by atoms with Crippen LogP contribution in [0.1, 0.15) is 60.5 Å². The monoisotopic (exact) mass is 601 g/mol. The maximum absolute atomic E-state index is 16.1. The van der Waals surface area contributed by atoms with Gasteiger partial charge in [0.1, 0.15) is 23.1 Å². The van der Waals surface area contributed by atoms with Gasteiger partial charge >= 0.3 is 5.97 Å². The Morgan fingerprint density at radius 2 is 1.89 bits per heavy atom. The van der Waals surface area contributed by atoms with Crippen LogP contribution in [-0.2, 0) is 42.5 Å². The number of hydrogen-bond acceptors (Lipinski definition) is 5. The van der Waals surface area contributed by atoms with Crippen LogP contribution in [0.3, 0.4) is 0 Å². The van der Waals surface area contributed by atoms with E-state index in [4.69, 9.17) is 19.3 Å². The minimum absolute atomic E-state index is 0.229. The molecule has 0 saturated heterocycles. The lowest BCUT2D eigenvalue weighted by atomic mass is 9.96. The molecule has 2 aromatic heterocycles. The summed E-state index contributed by atoms with van der Waals surface area (Å²) in [5.41, 5.74) is 4.74. The van der Waals surface area contributed by atoms with Crippen molar-refractivity contribution >= 4 is 27.6 Å². The molecule has 3 aromatic carbocycles. The van der Waals surface area contributed by atoms with Crippen LogP contribution in [0, 0.1) is 11.6 Å². The molecule has 0 radical (unpaired) electrons. The summed E-state index contributed by atoms with van der Waals surface area (Å²) in [6.07, 6.45) is 3.29. The average Bonchev–Trinajstić information content (AvgIpc) is 3.49. The largest absolute Gasteiger partial charge is 0.493 e. The molecule has 0 amide bonds. The molecule has 0 bridgehead atoms. The van der Waals surface area contributed by atoms with Crippen LogP contribution in [0.4, 0.5) is 8.78 Å². The summed E-state index contributed by atoms with van der Waals surface area (Å²) in [5, 5.41) is 7.15. The molecule has 3 heterocycles. The Morgan fingerprint density at radius 1 is 1.05 bits per heavy atom. The van der Waals surface area contributed by atoms with Gasteiger partial charge in [0.2, 0.25) is 0 Å². The highest BCUT2D eigenvalue weighted by atomic mass is 19.1. The zero-order valence-corrected chi connectivity index (χ0v) is 25.4. The predicted octanol–water partition coefficient (Wildman–Crippen LogP) is 7.53. The fraction of sp³-hybridized carbons (Fsp3) is 0.371. The van der Waals surface area contributed by atoms with Crippen LogP contribution < -0.4 is 4.74 Å². The summed E-state index contributed by atoms with van der Waals surface area (Å²) in [6.45, 7) is 5.79. The van der Waals surface area contributed by atoms with Crippen molar-refractivity contribution in [3.8, 4) is 16.9 Å². The van der Waals surface area contributed by atoms with Gasteiger partial charge in [-0.2, -0.15) is 5.10 Å². The third kappa shape index (κ3) is 5.45. The quantitative estimate of drug-likeness (QED) is 0.136. The van der Waals surface area contributed by atoms with Gasteiger partial charge in [0.15, 0.2) is 0 Å². The highest BCUT2D eigenvalue weighted by molar-refractivity contribution is 6.05. The van der Waals surface area contributed by atoms with Gasteiger partial charge in [0, 0.05) is 42.1 Å². The van der Waals surface area contributed by atoms with E-state index in [9.17, 15) is 9.18 Å². The Kier molecular flexibility index (Phi) is 8.66. The second-order valence-electron chi connectivity index (χ2n) is 11.1. The third-order valence-corrected chi connectivity index (χ3v) is 8.36. The van der Waals surface area contributed by atoms with Gasteiger partial charge in [0.25, 0.3) is 0 Å². The van der Waals surface area contributed by atoms with E-state index < -0.39 is 5.97 Å². The van der Waals surface area contributed by atoms with E-state index in [-0.39, 0.29) is 18.2 Å². The molecule has 6 rings (SSSR count). The number of aromatic nitrogens is 3. The number of carbonyl (C=O) groups excluding carboxylic acids is 1. The second kappa shape index (κ2) is 12.8. The van der Waals surface area contributed by atoms with Gasteiger partial charge in [-0.3, -0.25) is 4.68 Å². The van der Waals surface area contributed by atoms with E-state index in [1.807, 2.05) is 36.7 Å². The highest BCUT2D eigenvalue weighted by Gasteiger charge is 2.30. The zero-order chi connectivity index (χ0) is 30.8. The summed E-state index contributed by atoms with van der Waals surface area (Å²) in [6, 6.07) is 13.5. The number of aryl methyl sites for hydroxylation is 4. The molecule has 44 heavy (non-hydrogen) atoms. The summed E-state index contributed by atoms with van der Waals surface area (Å²) in [7, 11) is 1.86. The van der Waals surface area contributed by atoms with Crippen molar-refractivity contribution in [1.29, 1.82) is 0 Å². The normalized spacial score (nSPS) is 13.6. The van der Waals surface area contributed by atoms with Gasteiger partial charge in [-0.15, -0.1) is 0 Å². The fourth-order valence-corrected chi connectivity index (χ4v) is 6.39. The number of halogens is 2. The molecule has 9 heteroatoms. The molecule has 0 unspecified atom stereocenters. The molecule has 0 fully saturated rings. The van der Waals surface area contributed by atoms with Crippen LogP contribution in [0.5, 0.6) is 5.75 Å².